The molecule has 0 fully saturated rings. The van der Waals surface area contributed by atoms with Crippen molar-refractivity contribution < 1.29 is 28.7 Å². The van der Waals surface area contributed by atoms with Gasteiger partial charge in [-0.3, -0.25) is 24.0 Å². The highest BCUT2D eigenvalue weighted by molar-refractivity contribution is 7.07. The van der Waals surface area contributed by atoms with Crippen molar-refractivity contribution in [2.75, 3.05) is 13.1 Å². The lowest BCUT2D eigenvalue weighted by Crippen LogP contribution is -2.58. The maximum atomic E-state index is 13.7. The predicted octanol–water partition coefficient (Wildman–Crippen LogP) is 1.58. The number of carbonyl (C=O) groups is 5. The molecule has 0 saturated heterocycles. The first-order chi connectivity index (χ1) is 23.0. The standard InChI is InChI=1S/C34H54N8O6S/c1-9-11-26(39-32(46)27(17-34(6,7)8)40-30(44)23-12-14-42(48)15-13-23)31(45)38-24(16-25-19-49-20-37-25)18-36-22(5)29(43)41-28(21(3)4)33(47)35-10-2/h12-15,19-22,24,26-28,36H,9-11,16-18H2,1-8H3,(H,35,47)(H,38,45)(H,39,46)(H,40,44)(H,41,43)/t22-,24-,26-,27-,28-/m0/s1. The summed E-state index contributed by atoms with van der Waals surface area (Å²) in [6.07, 6.45) is 4.03. The van der Waals surface area contributed by atoms with E-state index in [1.807, 2.05) is 53.8 Å². The number of aromatic nitrogens is 2. The summed E-state index contributed by atoms with van der Waals surface area (Å²) in [6, 6.07) is -0.955. The molecule has 5 amide bonds. The zero-order valence-electron chi connectivity index (χ0n) is 29.9. The van der Waals surface area contributed by atoms with Crippen LogP contribution in [-0.4, -0.2) is 77.8 Å². The molecule has 0 spiro atoms. The van der Waals surface area contributed by atoms with Crippen molar-refractivity contribution in [2.45, 2.75) is 111 Å². The summed E-state index contributed by atoms with van der Waals surface area (Å²) in [4.78, 5) is 70.2. The Balaban J connectivity index is 2.17. The molecule has 0 unspecified atom stereocenters. The molecule has 14 nitrogen and oxygen atoms in total. The minimum atomic E-state index is -0.944. The third-order valence-electron chi connectivity index (χ3n) is 7.66. The smallest absolute Gasteiger partial charge is 0.252 e. The minimum Gasteiger partial charge on any atom is -0.619 e. The molecular weight excluding hydrogens is 648 g/mol. The van der Waals surface area contributed by atoms with Gasteiger partial charge in [0.05, 0.1) is 22.8 Å². The maximum Gasteiger partial charge on any atom is 0.252 e. The normalized spacial score (nSPS) is 14.6. The summed E-state index contributed by atoms with van der Waals surface area (Å²) in [5.41, 5.74) is 2.35. The average Bonchev–Trinajstić information content (AvgIpc) is 3.54. The van der Waals surface area contributed by atoms with Crippen LogP contribution in [0.25, 0.3) is 0 Å². The number of thiazole rings is 1. The minimum absolute atomic E-state index is 0.120. The Labute approximate surface area is 293 Å². The van der Waals surface area contributed by atoms with Crippen molar-refractivity contribution in [2.24, 2.45) is 11.3 Å². The summed E-state index contributed by atoms with van der Waals surface area (Å²) in [5, 5.41) is 30.7. The van der Waals surface area contributed by atoms with Gasteiger partial charge in [-0.1, -0.05) is 48.0 Å². The zero-order chi connectivity index (χ0) is 36.7. The van der Waals surface area contributed by atoms with Gasteiger partial charge in [0.25, 0.3) is 5.91 Å². The van der Waals surface area contributed by atoms with Crippen molar-refractivity contribution in [3.8, 4) is 0 Å². The first kappa shape index (κ1) is 41.1. The van der Waals surface area contributed by atoms with Crippen LogP contribution in [0.3, 0.4) is 0 Å². The molecule has 0 aromatic carbocycles. The van der Waals surface area contributed by atoms with E-state index >= 15 is 0 Å². The lowest BCUT2D eigenvalue weighted by Gasteiger charge is -2.29. The van der Waals surface area contributed by atoms with E-state index in [4.69, 9.17) is 0 Å². The Morgan fingerprint density at radius 2 is 1.55 bits per heavy atom. The molecule has 0 aliphatic heterocycles. The molecule has 6 N–H and O–H groups in total. The molecule has 0 radical (unpaired) electrons. The van der Waals surface area contributed by atoms with Crippen LogP contribution in [0.5, 0.6) is 0 Å². The van der Waals surface area contributed by atoms with Gasteiger partial charge >= 0.3 is 0 Å². The SMILES string of the molecule is CCC[C@H](NC(=O)[C@H](CC(C)(C)C)NC(=O)c1cc[n+]([O-])cc1)C(=O)N[C@H](CN[C@@H](C)C(=O)N[C@H](C(=O)NCC)C(C)C)Cc1cscn1. The topological polar surface area (TPSA) is 197 Å². The molecule has 272 valence electrons. The van der Waals surface area contributed by atoms with Crippen LogP contribution in [0.1, 0.15) is 90.7 Å². The lowest BCUT2D eigenvalue weighted by molar-refractivity contribution is -0.605. The number of hydrogen-bond donors (Lipinski definition) is 6. The van der Waals surface area contributed by atoms with Crippen LogP contribution in [-0.2, 0) is 25.6 Å². The Morgan fingerprint density at radius 3 is 2.10 bits per heavy atom. The molecule has 2 aromatic heterocycles. The molecule has 0 bridgehead atoms. The van der Waals surface area contributed by atoms with E-state index in [-0.39, 0.29) is 35.3 Å². The highest BCUT2D eigenvalue weighted by Gasteiger charge is 2.31. The number of likely N-dealkylation sites (N-methyl/N-ethyl adjacent to an activating group) is 1. The number of carbonyl (C=O) groups excluding carboxylic acids is 5. The van der Waals surface area contributed by atoms with Crippen molar-refractivity contribution in [1.29, 1.82) is 0 Å². The zero-order valence-corrected chi connectivity index (χ0v) is 30.7. The van der Waals surface area contributed by atoms with Gasteiger partial charge in [-0.2, -0.15) is 4.73 Å². The fourth-order valence-corrected chi connectivity index (χ4v) is 5.60. The van der Waals surface area contributed by atoms with Gasteiger partial charge in [-0.05, 0) is 38.0 Å². The Morgan fingerprint density at radius 1 is 0.898 bits per heavy atom. The number of nitrogens with one attached hydrogen (secondary N) is 6. The molecule has 0 saturated carbocycles. The van der Waals surface area contributed by atoms with E-state index in [0.717, 1.165) is 5.69 Å². The molecule has 0 aliphatic carbocycles. The number of rotatable bonds is 19. The van der Waals surface area contributed by atoms with E-state index in [2.05, 4.69) is 36.9 Å². The summed E-state index contributed by atoms with van der Waals surface area (Å²) in [7, 11) is 0. The molecule has 2 aromatic rings. The van der Waals surface area contributed by atoms with Gasteiger partial charge in [-0.15, -0.1) is 11.3 Å². The van der Waals surface area contributed by atoms with Gasteiger partial charge in [0.2, 0.25) is 23.6 Å². The van der Waals surface area contributed by atoms with E-state index in [1.165, 1.54) is 35.9 Å². The van der Waals surface area contributed by atoms with Gasteiger partial charge in [0, 0.05) is 43.1 Å². The first-order valence-electron chi connectivity index (χ1n) is 16.8. The van der Waals surface area contributed by atoms with Crippen LogP contribution in [0.4, 0.5) is 0 Å². The molecule has 2 heterocycles. The molecular formula is C34H54N8O6S. The number of nitrogens with zero attached hydrogens (tertiary/aromatic N) is 2. The summed E-state index contributed by atoms with van der Waals surface area (Å²) in [6.45, 7) is 15.6. The van der Waals surface area contributed by atoms with Crippen LogP contribution in [0, 0.1) is 16.5 Å². The fraction of sp³-hybridized carbons (Fsp3) is 0.618. The van der Waals surface area contributed by atoms with Crippen molar-refractivity contribution in [1.82, 2.24) is 36.9 Å². The molecule has 5 atom stereocenters. The van der Waals surface area contributed by atoms with Crippen LogP contribution in [0.2, 0.25) is 0 Å². The average molecular weight is 703 g/mol. The maximum absolute atomic E-state index is 13.7. The van der Waals surface area contributed by atoms with Crippen LogP contribution >= 0.6 is 11.3 Å². The van der Waals surface area contributed by atoms with Crippen molar-refractivity contribution in [3.63, 3.8) is 0 Å². The first-order valence-corrected chi connectivity index (χ1v) is 17.8. The molecule has 49 heavy (non-hydrogen) atoms. The van der Waals surface area contributed by atoms with Gasteiger partial charge in [-0.25, -0.2) is 4.98 Å². The van der Waals surface area contributed by atoms with Gasteiger partial charge < -0.3 is 37.1 Å². The second-order valence-electron chi connectivity index (χ2n) is 13.7. The van der Waals surface area contributed by atoms with Crippen molar-refractivity contribution >= 4 is 40.9 Å². The summed E-state index contributed by atoms with van der Waals surface area (Å²) >= 11 is 1.43. The van der Waals surface area contributed by atoms with E-state index in [0.29, 0.717) is 37.0 Å². The number of hydrogen-bond acceptors (Lipinski definition) is 9. The lowest BCUT2D eigenvalue weighted by atomic mass is 9.87. The third-order valence-corrected chi connectivity index (χ3v) is 8.30. The molecule has 2 rings (SSSR count). The van der Waals surface area contributed by atoms with Crippen LogP contribution in [0.15, 0.2) is 35.4 Å². The number of amides is 5. The van der Waals surface area contributed by atoms with Crippen molar-refractivity contribution in [3.05, 3.63) is 51.9 Å². The predicted molar refractivity (Wildman–Crippen MR) is 188 cm³/mol. The molecule has 0 aliphatic rings. The van der Waals surface area contributed by atoms with Crippen LogP contribution < -0.4 is 36.6 Å². The van der Waals surface area contributed by atoms with Gasteiger partial charge in [0.15, 0.2) is 12.4 Å². The Kier molecular flexibility index (Phi) is 16.6. The highest BCUT2D eigenvalue weighted by atomic mass is 32.1. The van der Waals surface area contributed by atoms with Gasteiger partial charge in [0.1, 0.15) is 18.1 Å². The second kappa shape index (κ2) is 19.8. The van der Waals surface area contributed by atoms with E-state index < -0.39 is 47.9 Å². The monoisotopic (exact) mass is 702 g/mol. The number of pyridine rings is 1. The van der Waals surface area contributed by atoms with E-state index in [1.54, 1.807) is 12.4 Å². The highest BCUT2D eigenvalue weighted by Crippen LogP contribution is 2.21. The summed E-state index contributed by atoms with van der Waals surface area (Å²) < 4.78 is 0.563. The fourth-order valence-electron chi connectivity index (χ4n) is 5.03. The summed E-state index contributed by atoms with van der Waals surface area (Å²) in [5.74, 6) is -2.15. The second-order valence-corrected chi connectivity index (χ2v) is 14.5. The Hall–Kier alpha value is -4.11. The molecule has 15 heteroatoms. The largest absolute Gasteiger partial charge is 0.619 e. The quantitative estimate of drug-likeness (QED) is 0.0937. The Bertz CT molecular complexity index is 1360. The van der Waals surface area contributed by atoms with E-state index in [9.17, 15) is 29.2 Å². The third kappa shape index (κ3) is 14.5.